The van der Waals surface area contributed by atoms with Gasteiger partial charge >= 0.3 is 12.1 Å². The first-order valence-corrected chi connectivity index (χ1v) is 6.55. The normalized spacial score (nSPS) is 31.6. The summed E-state index contributed by atoms with van der Waals surface area (Å²) in [5.74, 6) is -3.12. The molecule has 1 saturated carbocycles. The van der Waals surface area contributed by atoms with Gasteiger partial charge in [0.15, 0.2) is 0 Å². The van der Waals surface area contributed by atoms with Crippen LogP contribution < -0.4 is 5.32 Å². The van der Waals surface area contributed by atoms with Gasteiger partial charge in [-0.05, 0) is 24.7 Å². The first-order chi connectivity index (χ1) is 9.29. The Morgan fingerprint density at radius 2 is 1.80 bits per heavy atom. The molecule has 0 aromatic rings. The Hall–Kier alpha value is -1.53. The number of alkyl halides is 3. The molecule has 0 heterocycles. The van der Waals surface area contributed by atoms with Crippen molar-refractivity contribution in [2.24, 2.45) is 23.7 Å². The molecule has 2 unspecified atom stereocenters. The molecule has 0 aliphatic heterocycles. The van der Waals surface area contributed by atoms with Crippen LogP contribution in [0.1, 0.15) is 19.3 Å². The van der Waals surface area contributed by atoms with E-state index in [0.29, 0.717) is 6.42 Å². The molecule has 4 atom stereocenters. The van der Waals surface area contributed by atoms with E-state index in [2.05, 4.69) is 5.32 Å². The third-order valence-corrected chi connectivity index (χ3v) is 3.98. The lowest BCUT2D eigenvalue weighted by Gasteiger charge is -2.23. The predicted octanol–water partition coefficient (Wildman–Crippen LogP) is 1.97. The number of aliphatic carboxylic acids is 1. The highest BCUT2D eigenvalue weighted by atomic mass is 19.4. The Morgan fingerprint density at radius 1 is 1.20 bits per heavy atom. The highest BCUT2D eigenvalue weighted by Gasteiger charge is 2.51. The van der Waals surface area contributed by atoms with Crippen LogP contribution in [0.4, 0.5) is 13.2 Å². The minimum atomic E-state index is -4.23. The van der Waals surface area contributed by atoms with Crippen LogP contribution in [-0.2, 0) is 9.59 Å². The largest absolute Gasteiger partial charge is 0.481 e. The number of hydrogen-bond acceptors (Lipinski definition) is 2. The lowest BCUT2D eigenvalue weighted by atomic mass is 9.82. The van der Waals surface area contributed by atoms with Gasteiger partial charge in [-0.2, -0.15) is 13.2 Å². The van der Waals surface area contributed by atoms with E-state index in [9.17, 15) is 27.9 Å². The molecule has 2 bridgehead atoms. The van der Waals surface area contributed by atoms with Crippen LogP contribution in [0.25, 0.3) is 0 Å². The molecule has 2 N–H and O–H groups in total. The zero-order chi connectivity index (χ0) is 14.9. The van der Waals surface area contributed by atoms with Crippen molar-refractivity contribution >= 4 is 11.9 Å². The molecule has 112 valence electrons. The molecule has 0 spiro atoms. The second-order valence-electron chi connectivity index (χ2n) is 5.35. The summed E-state index contributed by atoms with van der Waals surface area (Å²) in [5.41, 5.74) is 0. The summed E-state index contributed by atoms with van der Waals surface area (Å²) in [4.78, 5) is 23.2. The van der Waals surface area contributed by atoms with Crippen LogP contribution in [0.3, 0.4) is 0 Å². The van der Waals surface area contributed by atoms with Crippen LogP contribution in [0.15, 0.2) is 12.2 Å². The number of nitrogens with one attached hydrogen (secondary N) is 1. The summed E-state index contributed by atoms with van der Waals surface area (Å²) in [6.07, 6.45) is -1.09. The smallest absolute Gasteiger partial charge is 0.389 e. The summed E-state index contributed by atoms with van der Waals surface area (Å²) in [7, 11) is 0. The van der Waals surface area contributed by atoms with E-state index in [0.717, 1.165) is 0 Å². The first kappa shape index (κ1) is 14.9. The number of halogens is 3. The van der Waals surface area contributed by atoms with Gasteiger partial charge in [-0.25, -0.2) is 0 Å². The number of rotatable bonds is 5. The number of carbonyl (C=O) groups is 2. The maximum atomic E-state index is 12.0. The van der Waals surface area contributed by atoms with Gasteiger partial charge < -0.3 is 10.4 Å². The molecular formula is C13H16F3NO3. The summed E-state index contributed by atoms with van der Waals surface area (Å²) in [6.45, 7) is -0.0811. The Kier molecular flexibility index (Phi) is 4.06. The number of fused-ring (bicyclic) bond motifs is 2. The fourth-order valence-electron chi connectivity index (χ4n) is 3.13. The van der Waals surface area contributed by atoms with Gasteiger partial charge in [-0.3, -0.25) is 9.59 Å². The van der Waals surface area contributed by atoms with Crippen LogP contribution in [0.2, 0.25) is 0 Å². The van der Waals surface area contributed by atoms with Crippen molar-refractivity contribution in [3.63, 3.8) is 0 Å². The molecule has 0 aromatic heterocycles. The van der Waals surface area contributed by atoms with Crippen molar-refractivity contribution in [2.75, 3.05) is 6.54 Å². The number of hydrogen-bond donors (Lipinski definition) is 2. The average Bonchev–Trinajstić information content (AvgIpc) is 2.92. The van der Waals surface area contributed by atoms with Crippen LogP contribution in [0.5, 0.6) is 0 Å². The standard InChI is InChI=1S/C13H16F3NO3/c14-13(15,16)4-1-5-17-11(18)9-7-2-3-8(6-7)10(9)12(19)20/h2-3,7-10H,1,4-6H2,(H,17,18)(H,19,20)/t7?,8?,9-,10+/m0/s1. The molecule has 0 saturated heterocycles. The lowest BCUT2D eigenvalue weighted by Crippen LogP contribution is -2.40. The first-order valence-electron chi connectivity index (χ1n) is 6.55. The molecule has 0 radical (unpaired) electrons. The molecule has 0 aromatic carbocycles. The molecular weight excluding hydrogens is 275 g/mol. The quantitative estimate of drug-likeness (QED) is 0.601. The topological polar surface area (TPSA) is 66.4 Å². The highest BCUT2D eigenvalue weighted by molar-refractivity contribution is 5.86. The Labute approximate surface area is 114 Å². The number of carbonyl (C=O) groups excluding carboxylic acids is 1. The van der Waals surface area contributed by atoms with Crippen molar-refractivity contribution in [3.05, 3.63) is 12.2 Å². The van der Waals surface area contributed by atoms with Gasteiger partial charge in [0.1, 0.15) is 0 Å². The fraction of sp³-hybridized carbons (Fsp3) is 0.692. The number of allylic oxidation sites excluding steroid dienone is 2. The summed E-state index contributed by atoms with van der Waals surface area (Å²) in [6, 6.07) is 0. The maximum absolute atomic E-state index is 12.0. The van der Waals surface area contributed by atoms with E-state index in [-0.39, 0.29) is 24.8 Å². The minimum Gasteiger partial charge on any atom is -0.481 e. The second-order valence-corrected chi connectivity index (χ2v) is 5.35. The number of carboxylic acids is 1. The zero-order valence-electron chi connectivity index (χ0n) is 10.7. The zero-order valence-corrected chi connectivity index (χ0v) is 10.7. The predicted molar refractivity (Wildman–Crippen MR) is 63.7 cm³/mol. The van der Waals surface area contributed by atoms with E-state index in [1.54, 1.807) is 0 Å². The molecule has 7 heteroatoms. The SMILES string of the molecule is O=C(O)[C@@H]1C2C=CC(C2)[C@@H]1C(=O)NCCCC(F)(F)F. The molecule has 1 fully saturated rings. The average molecular weight is 291 g/mol. The van der Waals surface area contributed by atoms with E-state index >= 15 is 0 Å². The molecule has 20 heavy (non-hydrogen) atoms. The van der Waals surface area contributed by atoms with Gasteiger partial charge in [0.2, 0.25) is 5.91 Å². The maximum Gasteiger partial charge on any atom is 0.389 e. The summed E-state index contributed by atoms with van der Waals surface area (Å²) < 4.78 is 35.9. The summed E-state index contributed by atoms with van der Waals surface area (Å²) in [5, 5.41) is 11.6. The molecule has 2 aliphatic rings. The van der Waals surface area contributed by atoms with Gasteiger partial charge in [0.05, 0.1) is 11.8 Å². The highest BCUT2D eigenvalue weighted by Crippen LogP contribution is 2.48. The van der Waals surface area contributed by atoms with Crippen molar-refractivity contribution in [1.29, 1.82) is 0 Å². The number of carboxylic acid groups (broad SMARTS) is 1. The summed E-state index contributed by atoms with van der Waals surface area (Å²) >= 11 is 0. The van der Waals surface area contributed by atoms with Crippen molar-refractivity contribution in [1.82, 2.24) is 5.32 Å². The van der Waals surface area contributed by atoms with E-state index in [1.165, 1.54) is 0 Å². The van der Waals surface area contributed by atoms with Gasteiger partial charge in [-0.1, -0.05) is 12.2 Å². The third-order valence-electron chi connectivity index (χ3n) is 3.98. The monoisotopic (exact) mass is 291 g/mol. The van der Waals surface area contributed by atoms with Crippen LogP contribution in [-0.4, -0.2) is 29.7 Å². The molecule has 4 nitrogen and oxygen atoms in total. The number of amides is 1. The molecule has 2 rings (SSSR count). The van der Waals surface area contributed by atoms with Crippen molar-refractivity contribution in [2.45, 2.75) is 25.4 Å². The van der Waals surface area contributed by atoms with Gasteiger partial charge in [0, 0.05) is 13.0 Å². The Morgan fingerprint density at radius 3 is 2.35 bits per heavy atom. The van der Waals surface area contributed by atoms with Gasteiger partial charge in [-0.15, -0.1) is 0 Å². The van der Waals surface area contributed by atoms with E-state index < -0.39 is 36.3 Å². The minimum absolute atomic E-state index is 0.0811. The van der Waals surface area contributed by atoms with E-state index in [1.807, 2.05) is 12.2 Å². The molecule has 2 aliphatic carbocycles. The van der Waals surface area contributed by atoms with Crippen LogP contribution >= 0.6 is 0 Å². The van der Waals surface area contributed by atoms with E-state index in [4.69, 9.17) is 0 Å². The Bertz CT molecular complexity index is 433. The van der Waals surface area contributed by atoms with Crippen molar-refractivity contribution < 1.29 is 27.9 Å². The van der Waals surface area contributed by atoms with Crippen LogP contribution in [0, 0.1) is 23.7 Å². The third kappa shape index (κ3) is 3.13. The fourth-order valence-corrected chi connectivity index (χ4v) is 3.13. The lowest BCUT2D eigenvalue weighted by molar-refractivity contribution is -0.147. The van der Waals surface area contributed by atoms with Crippen molar-refractivity contribution in [3.8, 4) is 0 Å². The molecule has 1 amide bonds. The second kappa shape index (κ2) is 5.46. The van der Waals surface area contributed by atoms with Gasteiger partial charge in [0.25, 0.3) is 0 Å². The Balaban J connectivity index is 1.86.